The van der Waals surface area contributed by atoms with Crippen molar-refractivity contribution >= 4 is 23.1 Å². The van der Waals surface area contributed by atoms with Gasteiger partial charge in [-0.1, -0.05) is 29.8 Å². The van der Waals surface area contributed by atoms with E-state index in [4.69, 9.17) is 0 Å². The number of benzene rings is 2. The molecule has 0 saturated carbocycles. The van der Waals surface area contributed by atoms with Crippen molar-refractivity contribution in [2.24, 2.45) is 0 Å². The van der Waals surface area contributed by atoms with E-state index in [1.807, 2.05) is 6.92 Å². The third-order valence-corrected chi connectivity index (χ3v) is 3.55. The Balaban J connectivity index is 2.07. The second-order valence-electron chi connectivity index (χ2n) is 5.13. The summed E-state index contributed by atoms with van der Waals surface area (Å²) in [4.78, 5) is 25.1. The third kappa shape index (κ3) is 2.38. The van der Waals surface area contributed by atoms with Crippen molar-refractivity contribution in [1.82, 2.24) is 0 Å². The molecule has 1 N–H and O–H groups in total. The number of anilines is 1. The maximum atomic E-state index is 13.9. The van der Waals surface area contributed by atoms with Crippen LogP contribution in [0.25, 0.3) is 5.57 Å². The minimum atomic E-state index is -1.07. The second kappa shape index (κ2) is 5.31. The molecule has 3 rings (SSSR count). The van der Waals surface area contributed by atoms with E-state index in [1.165, 1.54) is 0 Å². The molecule has 0 radical (unpaired) electrons. The van der Waals surface area contributed by atoms with Crippen LogP contribution in [0.15, 0.2) is 48.2 Å². The molecule has 23 heavy (non-hydrogen) atoms. The lowest BCUT2D eigenvalue weighted by atomic mass is 10.0. The molecule has 0 bridgehead atoms. The Morgan fingerprint density at radius 2 is 1.61 bits per heavy atom. The molecule has 0 saturated heterocycles. The number of imide groups is 1. The molecule has 1 heterocycles. The molecule has 0 unspecified atom stereocenters. The summed E-state index contributed by atoms with van der Waals surface area (Å²) in [5, 5.41) is 10.00. The van der Waals surface area contributed by atoms with E-state index in [0.717, 1.165) is 17.7 Å². The van der Waals surface area contributed by atoms with Gasteiger partial charge in [0.25, 0.3) is 5.91 Å². The van der Waals surface area contributed by atoms with Crippen LogP contribution >= 0.6 is 0 Å². The topological polar surface area (TPSA) is 57.6 Å². The largest absolute Gasteiger partial charge is 0.502 e. The van der Waals surface area contributed by atoms with Gasteiger partial charge in [-0.3, -0.25) is 9.59 Å². The molecule has 116 valence electrons. The molecular weight excluding hydrogens is 304 g/mol. The smallest absolute Gasteiger partial charge is 0.301 e. The number of carbonyl (C=O) groups excluding carboxylic acids is 2. The first-order valence-electron chi connectivity index (χ1n) is 6.74. The van der Waals surface area contributed by atoms with Crippen LogP contribution in [-0.4, -0.2) is 16.9 Å². The molecule has 1 aliphatic heterocycles. The minimum Gasteiger partial charge on any atom is -0.502 e. The first-order chi connectivity index (χ1) is 10.9. The highest BCUT2D eigenvalue weighted by atomic mass is 19.1. The predicted octanol–water partition coefficient (Wildman–Crippen LogP) is 3.12. The van der Waals surface area contributed by atoms with Crippen molar-refractivity contribution in [3.05, 3.63) is 71.0 Å². The van der Waals surface area contributed by atoms with Crippen LogP contribution in [0, 0.1) is 18.6 Å². The summed E-state index contributed by atoms with van der Waals surface area (Å²) in [6.45, 7) is 1.85. The Morgan fingerprint density at radius 3 is 2.22 bits per heavy atom. The zero-order valence-corrected chi connectivity index (χ0v) is 12.0. The Labute approximate surface area is 130 Å². The van der Waals surface area contributed by atoms with Crippen LogP contribution in [0.4, 0.5) is 14.5 Å². The summed E-state index contributed by atoms with van der Waals surface area (Å²) >= 11 is 0. The van der Waals surface area contributed by atoms with E-state index in [1.54, 1.807) is 24.3 Å². The fraction of sp³-hybridized carbons (Fsp3) is 0.0588. The lowest BCUT2D eigenvalue weighted by Crippen LogP contribution is -2.32. The summed E-state index contributed by atoms with van der Waals surface area (Å²) in [7, 11) is 0. The van der Waals surface area contributed by atoms with E-state index in [0.29, 0.717) is 16.5 Å². The standard InChI is InChI=1S/C17H11F2NO3/c1-9-2-4-10(5-3-9)14-15(21)17(23)20(16(14)22)13-7-6-11(18)8-12(13)19/h2-8,21H,1H3. The Hall–Kier alpha value is -3.02. The summed E-state index contributed by atoms with van der Waals surface area (Å²) in [6.07, 6.45) is 0. The van der Waals surface area contributed by atoms with Crippen molar-refractivity contribution in [2.45, 2.75) is 6.92 Å². The third-order valence-electron chi connectivity index (χ3n) is 3.55. The van der Waals surface area contributed by atoms with Crippen molar-refractivity contribution in [1.29, 1.82) is 0 Å². The molecule has 4 nitrogen and oxygen atoms in total. The number of hydrogen-bond acceptors (Lipinski definition) is 3. The molecular formula is C17H11F2NO3. The van der Waals surface area contributed by atoms with Crippen molar-refractivity contribution in [3.8, 4) is 0 Å². The highest BCUT2D eigenvalue weighted by Gasteiger charge is 2.41. The average molecular weight is 315 g/mol. The Bertz CT molecular complexity index is 857. The molecule has 2 amide bonds. The van der Waals surface area contributed by atoms with E-state index < -0.39 is 34.9 Å². The number of nitrogens with zero attached hydrogens (tertiary/aromatic N) is 1. The first-order valence-corrected chi connectivity index (χ1v) is 6.74. The van der Waals surface area contributed by atoms with Gasteiger partial charge in [0.2, 0.25) is 0 Å². The molecule has 0 aliphatic carbocycles. The molecule has 0 spiro atoms. The van der Waals surface area contributed by atoms with E-state index in [9.17, 15) is 23.5 Å². The maximum Gasteiger partial charge on any atom is 0.301 e. The summed E-state index contributed by atoms with van der Waals surface area (Å²) < 4.78 is 26.9. The van der Waals surface area contributed by atoms with Crippen LogP contribution in [0.2, 0.25) is 0 Å². The number of carbonyl (C=O) groups is 2. The molecule has 0 atom stereocenters. The minimum absolute atomic E-state index is 0.210. The number of hydrogen-bond donors (Lipinski definition) is 1. The summed E-state index contributed by atoms with van der Waals surface area (Å²) in [5.74, 6) is -4.56. The Kier molecular flexibility index (Phi) is 3.44. The first kappa shape index (κ1) is 14.9. The number of rotatable bonds is 2. The van der Waals surface area contributed by atoms with Gasteiger partial charge in [0.15, 0.2) is 5.76 Å². The average Bonchev–Trinajstić information content (AvgIpc) is 2.72. The van der Waals surface area contributed by atoms with E-state index in [-0.39, 0.29) is 5.57 Å². The summed E-state index contributed by atoms with van der Waals surface area (Å²) in [5.41, 5.74) is 0.664. The van der Waals surface area contributed by atoms with Gasteiger partial charge in [0.1, 0.15) is 11.6 Å². The zero-order valence-electron chi connectivity index (χ0n) is 12.0. The molecule has 0 aromatic heterocycles. The normalized spacial score (nSPS) is 14.8. The van der Waals surface area contributed by atoms with Gasteiger partial charge in [0, 0.05) is 6.07 Å². The van der Waals surface area contributed by atoms with Crippen molar-refractivity contribution in [2.75, 3.05) is 4.90 Å². The van der Waals surface area contributed by atoms with Crippen molar-refractivity contribution < 1.29 is 23.5 Å². The highest BCUT2D eigenvalue weighted by molar-refractivity contribution is 6.44. The molecule has 1 aliphatic rings. The molecule has 0 fully saturated rings. The maximum absolute atomic E-state index is 13.9. The van der Waals surface area contributed by atoms with Crippen LogP contribution < -0.4 is 4.90 Å². The van der Waals surface area contributed by atoms with Gasteiger partial charge < -0.3 is 5.11 Å². The van der Waals surface area contributed by atoms with Crippen molar-refractivity contribution in [3.63, 3.8) is 0 Å². The number of halogens is 2. The molecule has 6 heteroatoms. The van der Waals surface area contributed by atoms with Gasteiger partial charge in [-0.15, -0.1) is 0 Å². The molecule has 2 aromatic carbocycles. The van der Waals surface area contributed by atoms with Crippen LogP contribution in [-0.2, 0) is 9.59 Å². The quantitative estimate of drug-likeness (QED) is 0.866. The van der Waals surface area contributed by atoms with Gasteiger partial charge in [-0.25, -0.2) is 13.7 Å². The Morgan fingerprint density at radius 1 is 0.957 bits per heavy atom. The number of aryl methyl sites for hydroxylation is 1. The zero-order chi connectivity index (χ0) is 16.7. The lowest BCUT2D eigenvalue weighted by molar-refractivity contribution is -0.121. The predicted molar refractivity (Wildman–Crippen MR) is 79.6 cm³/mol. The van der Waals surface area contributed by atoms with Crippen LogP contribution in [0.3, 0.4) is 0 Å². The number of aliphatic hydroxyl groups is 1. The van der Waals surface area contributed by atoms with Gasteiger partial charge in [-0.2, -0.15) is 0 Å². The SMILES string of the molecule is Cc1ccc(C2=C(O)C(=O)N(c3ccc(F)cc3F)C2=O)cc1. The molecule has 2 aromatic rings. The monoisotopic (exact) mass is 315 g/mol. The van der Waals surface area contributed by atoms with E-state index in [2.05, 4.69) is 0 Å². The van der Waals surface area contributed by atoms with E-state index >= 15 is 0 Å². The number of aliphatic hydroxyl groups excluding tert-OH is 1. The fourth-order valence-corrected chi connectivity index (χ4v) is 2.38. The fourth-order valence-electron chi connectivity index (χ4n) is 2.38. The van der Waals surface area contributed by atoms with Gasteiger partial charge >= 0.3 is 5.91 Å². The highest BCUT2D eigenvalue weighted by Crippen LogP contribution is 2.33. The van der Waals surface area contributed by atoms with Crippen LogP contribution in [0.1, 0.15) is 11.1 Å². The van der Waals surface area contributed by atoms with Gasteiger partial charge in [-0.05, 0) is 24.6 Å². The number of amides is 2. The lowest BCUT2D eigenvalue weighted by Gasteiger charge is -2.15. The van der Waals surface area contributed by atoms with Crippen LogP contribution in [0.5, 0.6) is 0 Å². The van der Waals surface area contributed by atoms with Gasteiger partial charge in [0.05, 0.1) is 11.3 Å². The second-order valence-corrected chi connectivity index (χ2v) is 5.13. The summed E-state index contributed by atoms with van der Waals surface area (Å²) in [6, 6.07) is 9.07.